The normalized spacial score (nSPS) is 13.8. The summed E-state index contributed by atoms with van der Waals surface area (Å²) in [7, 11) is 0. The van der Waals surface area contributed by atoms with E-state index in [1.165, 1.54) is 12.1 Å². The molecule has 1 rings (SSSR count). The van der Waals surface area contributed by atoms with Gasteiger partial charge in [0.15, 0.2) is 5.60 Å². The molecule has 1 aromatic heterocycles. The fourth-order valence-corrected chi connectivity index (χ4v) is 0.953. The van der Waals surface area contributed by atoms with Crippen molar-refractivity contribution in [1.29, 1.82) is 0 Å². The van der Waals surface area contributed by atoms with Crippen LogP contribution in [0.2, 0.25) is 0 Å². The number of aliphatic hydroxyl groups is 1. The van der Waals surface area contributed by atoms with Gasteiger partial charge in [0.1, 0.15) is 5.69 Å². The van der Waals surface area contributed by atoms with E-state index >= 15 is 0 Å². The second-order valence-electron chi connectivity index (χ2n) is 3.61. The van der Waals surface area contributed by atoms with E-state index in [1.807, 2.05) is 0 Å². The highest BCUT2D eigenvalue weighted by Crippen LogP contribution is 2.02. The SMILES string of the molecule is CC(O)(CNC(=O)c1cccc(F)n1)C(=O)O. The Morgan fingerprint density at radius 2 is 2.18 bits per heavy atom. The molecule has 1 heterocycles. The van der Waals surface area contributed by atoms with Crippen LogP contribution >= 0.6 is 0 Å². The minimum Gasteiger partial charge on any atom is -0.479 e. The van der Waals surface area contributed by atoms with Crippen LogP contribution in [0, 0.1) is 5.95 Å². The molecule has 1 unspecified atom stereocenters. The first-order valence-electron chi connectivity index (χ1n) is 4.69. The number of amides is 1. The molecule has 6 nitrogen and oxygen atoms in total. The zero-order valence-electron chi connectivity index (χ0n) is 8.98. The molecule has 92 valence electrons. The molecule has 0 aliphatic carbocycles. The number of nitrogens with one attached hydrogen (secondary N) is 1. The smallest absolute Gasteiger partial charge is 0.337 e. The number of pyridine rings is 1. The summed E-state index contributed by atoms with van der Waals surface area (Å²) in [6, 6.07) is 3.64. The number of carbonyl (C=O) groups excluding carboxylic acids is 1. The van der Waals surface area contributed by atoms with Crippen molar-refractivity contribution >= 4 is 11.9 Å². The van der Waals surface area contributed by atoms with E-state index < -0.39 is 30.0 Å². The van der Waals surface area contributed by atoms with Crippen LogP contribution in [-0.2, 0) is 4.79 Å². The lowest BCUT2D eigenvalue weighted by atomic mass is 10.1. The van der Waals surface area contributed by atoms with Gasteiger partial charge in [-0.2, -0.15) is 4.39 Å². The van der Waals surface area contributed by atoms with Crippen LogP contribution in [0.25, 0.3) is 0 Å². The molecule has 0 aliphatic rings. The van der Waals surface area contributed by atoms with Gasteiger partial charge in [-0.25, -0.2) is 9.78 Å². The highest BCUT2D eigenvalue weighted by molar-refractivity contribution is 5.92. The molecule has 0 saturated carbocycles. The first-order valence-corrected chi connectivity index (χ1v) is 4.69. The van der Waals surface area contributed by atoms with Crippen molar-refractivity contribution in [3.63, 3.8) is 0 Å². The monoisotopic (exact) mass is 242 g/mol. The number of rotatable bonds is 4. The first-order chi connectivity index (χ1) is 7.83. The van der Waals surface area contributed by atoms with Crippen molar-refractivity contribution in [3.05, 3.63) is 29.8 Å². The first kappa shape index (κ1) is 13.0. The van der Waals surface area contributed by atoms with E-state index in [0.717, 1.165) is 13.0 Å². The standard InChI is InChI=1S/C10H11FN2O4/c1-10(17,9(15)16)5-12-8(14)6-3-2-4-7(11)13-6/h2-4,17H,5H2,1H3,(H,12,14)(H,15,16). The summed E-state index contributed by atoms with van der Waals surface area (Å²) in [6.45, 7) is 0.536. The summed E-state index contributed by atoms with van der Waals surface area (Å²) in [4.78, 5) is 25.3. The van der Waals surface area contributed by atoms with Crippen LogP contribution in [0.4, 0.5) is 4.39 Å². The molecule has 0 radical (unpaired) electrons. The van der Waals surface area contributed by atoms with E-state index in [4.69, 9.17) is 5.11 Å². The molecular weight excluding hydrogens is 231 g/mol. The Morgan fingerprint density at radius 1 is 1.53 bits per heavy atom. The minimum absolute atomic E-state index is 0.189. The van der Waals surface area contributed by atoms with Crippen LogP contribution in [0.3, 0.4) is 0 Å². The van der Waals surface area contributed by atoms with Crippen molar-refractivity contribution in [2.45, 2.75) is 12.5 Å². The summed E-state index contributed by atoms with van der Waals surface area (Å²) in [6.07, 6.45) is 0. The third-order valence-electron chi connectivity index (χ3n) is 2.00. The quantitative estimate of drug-likeness (QED) is 0.634. The van der Waals surface area contributed by atoms with E-state index in [9.17, 15) is 19.1 Å². The molecule has 17 heavy (non-hydrogen) atoms. The predicted molar refractivity (Wildman–Crippen MR) is 54.8 cm³/mol. The fraction of sp³-hybridized carbons (Fsp3) is 0.300. The van der Waals surface area contributed by atoms with E-state index in [0.29, 0.717) is 0 Å². The molecule has 7 heteroatoms. The van der Waals surface area contributed by atoms with Crippen LogP contribution < -0.4 is 5.32 Å². The highest BCUT2D eigenvalue weighted by atomic mass is 19.1. The van der Waals surface area contributed by atoms with Crippen molar-refractivity contribution in [3.8, 4) is 0 Å². The van der Waals surface area contributed by atoms with Crippen LogP contribution in [0.15, 0.2) is 18.2 Å². The van der Waals surface area contributed by atoms with Gasteiger partial charge >= 0.3 is 5.97 Å². The van der Waals surface area contributed by atoms with E-state index in [2.05, 4.69) is 10.3 Å². The third-order valence-corrected chi connectivity index (χ3v) is 2.00. The molecule has 1 aromatic rings. The van der Waals surface area contributed by atoms with E-state index in [-0.39, 0.29) is 5.69 Å². The number of carboxylic acid groups (broad SMARTS) is 1. The summed E-state index contributed by atoms with van der Waals surface area (Å²) in [5.41, 5.74) is -2.27. The predicted octanol–water partition coefficient (Wildman–Crippen LogP) is -0.214. The zero-order chi connectivity index (χ0) is 13.1. The van der Waals surface area contributed by atoms with Crippen LogP contribution in [0.5, 0.6) is 0 Å². The van der Waals surface area contributed by atoms with Crippen LogP contribution in [-0.4, -0.2) is 39.2 Å². The lowest BCUT2D eigenvalue weighted by Crippen LogP contribution is -2.46. The maximum atomic E-state index is 12.7. The zero-order valence-corrected chi connectivity index (χ0v) is 8.98. The fourth-order valence-electron chi connectivity index (χ4n) is 0.953. The Hall–Kier alpha value is -2.02. The number of carboxylic acids is 1. The molecule has 0 aromatic carbocycles. The molecule has 0 saturated heterocycles. The highest BCUT2D eigenvalue weighted by Gasteiger charge is 2.30. The van der Waals surface area contributed by atoms with Crippen molar-refractivity contribution in [2.24, 2.45) is 0 Å². The Labute approximate surface area is 96.1 Å². The second kappa shape index (κ2) is 4.88. The van der Waals surface area contributed by atoms with Gasteiger partial charge in [0.25, 0.3) is 5.91 Å². The number of aliphatic carboxylic acids is 1. The van der Waals surface area contributed by atoms with Gasteiger partial charge in [0, 0.05) is 0 Å². The number of nitrogens with zero attached hydrogens (tertiary/aromatic N) is 1. The number of carbonyl (C=O) groups is 2. The Kier molecular flexibility index (Phi) is 3.74. The molecular formula is C10H11FN2O4. The molecule has 0 fully saturated rings. The maximum Gasteiger partial charge on any atom is 0.337 e. The van der Waals surface area contributed by atoms with Gasteiger partial charge in [-0.3, -0.25) is 4.79 Å². The third kappa shape index (κ3) is 3.49. The largest absolute Gasteiger partial charge is 0.479 e. The van der Waals surface area contributed by atoms with Crippen molar-refractivity contribution in [1.82, 2.24) is 10.3 Å². The van der Waals surface area contributed by atoms with Gasteiger partial charge < -0.3 is 15.5 Å². The number of aromatic nitrogens is 1. The Balaban J connectivity index is 2.65. The van der Waals surface area contributed by atoms with Crippen molar-refractivity contribution in [2.75, 3.05) is 6.54 Å². The molecule has 3 N–H and O–H groups in total. The Morgan fingerprint density at radius 3 is 2.71 bits per heavy atom. The average Bonchev–Trinajstić information content (AvgIpc) is 2.25. The number of halogens is 1. The topological polar surface area (TPSA) is 99.5 Å². The molecule has 1 atom stereocenters. The lowest BCUT2D eigenvalue weighted by molar-refractivity contribution is -0.155. The van der Waals surface area contributed by atoms with Crippen LogP contribution in [0.1, 0.15) is 17.4 Å². The van der Waals surface area contributed by atoms with Gasteiger partial charge in [-0.15, -0.1) is 0 Å². The molecule has 0 aliphatic heterocycles. The maximum absolute atomic E-state index is 12.7. The molecule has 0 spiro atoms. The second-order valence-corrected chi connectivity index (χ2v) is 3.61. The molecule has 1 amide bonds. The summed E-state index contributed by atoms with van der Waals surface area (Å²) in [5.74, 6) is -3.04. The summed E-state index contributed by atoms with van der Waals surface area (Å²) in [5, 5.41) is 20.1. The van der Waals surface area contributed by atoms with Gasteiger partial charge in [-0.1, -0.05) is 6.07 Å². The Bertz CT molecular complexity index is 448. The summed E-state index contributed by atoms with van der Waals surface area (Å²) < 4.78 is 12.7. The number of hydrogen-bond donors (Lipinski definition) is 3. The number of hydrogen-bond acceptors (Lipinski definition) is 4. The van der Waals surface area contributed by atoms with Crippen molar-refractivity contribution < 1.29 is 24.2 Å². The summed E-state index contributed by atoms with van der Waals surface area (Å²) >= 11 is 0. The van der Waals surface area contributed by atoms with E-state index in [1.54, 1.807) is 0 Å². The average molecular weight is 242 g/mol. The van der Waals surface area contributed by atoms with Gasteiger partial charge in [-0.05, 0) is 19.1 Å². The lowest BCUT2D eigenvalue weighted by Gasteiger charge is -2.17. The molecule has 0 bridgehead atoms. The minimum atomic E-state index is -2.08. The van der Waals surface area contributed by atoms with Gasteiger partial charge in [0.05, 0.1) is 6.54 Å². The van der Waals surface area contributed by atoms with Gasteiger partial charge in [0.2, 0.25) is 5.95 Å².